The van der Waals surface area contributed by atoms with Gasteiger partial charge in [-0.3, -0.25) is 4.79 Å². The average molecular weight is 415 g/mol. The van der Waals surface area contributed by atoms with Gasteiger partial charge in [0.25, 0.3) is 0 Å². The van der Waals surface area contributed by atoms with Crippen LogP contribution in [0.15, 0.2) is 90.1 Å². The Kier molecular flexibility index (Phi) is 5.95. The molecule has 0 saturated carbocycles. The SMILES string of the molecule is CN(C)C(=O)[C@@H](Sc1nc(Nc2ccccc2)c2ccccc2n1)c1ccccc1. The summed E-state index contributed by atoms with van der Waals surface area (Å²) in [5.41, 5.74) is 2.70. The third kappa shape index (κ3) is 4.44. The van der Waals surface area contributed by atoms with Gasteiger partial charge in [0.2, 0.25) is 5.91 Å². The van der Waals surface area contributed by atoms with Crippen molar-refractivity contribution in [2.45, 2.75) is 10.4 Å². The van der Waals surface area contributed by atoms with Crippen molar-refractivity contribution in [1.29, 1.82) is 0 Å². The Morgan fingerprint density at radius 3 is 2.20 bits per heavy atom. The highest BCUT2D eigenvalue weighted by atomic mass is 32.2. The van der Waals surface area contributed by atoms with E-state index in [-0.39, 0.29) is 5.91 Å². The van der Waals surface area contributed by atoms with Crippen molar-refractivity contribution < 1.29 is 4.79 Å². The summed E-state index contributed by atoms with van der Waals surface area (Å²) in [5.74, 6) is 0.721. The Bertz CT molecular complexity index is 1150. The van der Waals surface area contributed by atoms with Crippen molar-refractivity contribution in [3.05, 3.63) is 90.5 Å². The van der Waals surface area contributed by atoms with Crippen LogP contribution in [0, 0.1) is 0 Å². The molecule has 0 fully saturated rings. The number of anilines is 2. The number of fused-ring (bicyclic) bond motifs is 1. The Labute approximate surface area is 180 Å². The maximum absolute atomic E-state index is 12.9. The monoisotopic (exact) mass is 414 g/mol. The molecule has 30 heavy (non-hydrogen) atoms. The molecule has 0 aliphatic heterocycles. The molecule has 0 unspecified atom stereocenters. The Balaban J connectivity index is 1.75. The highest BCUT2D eigenvalue weighted by Gasteiger charge is 2.25. The Morgan fingerprint density at radius 1 is 0.867 bits per heavy atom. The van der Waals surface area contributed by atoms with Crippen molar-refractivity contribution in [3.63, 3.8) is 0 Å². The molecule has 6 heteroatoms. The number of nitrogens with one attached hydrogen (secondary N) is 1. The minimum atomic E-state index is -0.424. The van der Waals surface area contributed by atoms with E-state index < -0.39 is 5.25 Å². The third-order valence-electron chi connectivity index (χ3n) is 4.61. The largest absolute Gasteiger partial charge is 0.348 e. The van der Waals surface area contributed by atoms with Crippen LogP contribution in [-0.4, -0.2) is 34.9 Å². The first kappa shape index (κ1) is 19.9. The quantitative estimate of drug-likeness (QED) is 0.343. The number of carbonyl (C=O) groups excluding carboxylic acids is 1. The number of rotatable bonds is 6. The fourth-order valence-electron chi connectivity index (χ4n) is 3.09. The molecular weight excluding hydrogens is 392 g/mol. The van der Waals surface area contributed by atoms with Gasteiger partial charge in [-0.05, 0) is 29.8 Å². The number of benzene rings is 3. The summed E-state index contributed by atoms with van der Waals surface area (Å²) in [5, 5.41) is 4.45. The summed E-state index contributed by atoms with van der Waals surface area (Å²) in [6.45, 7) is 0. The van der Waals surface area contributed by atoms with Crippen LogP contribution in [0.25, 0.3) is 10.9 Å². The number of nitrogens with zero attached hydrogens (tertiary/aromatic N) is 3. The molecule has 0 aliphatic carbocycles. The van der Waals surface area contributed by atoms with Gasteiger partial charge in [-0.2, -0.15) is 0 Å². The number of hydrogen-bond donors (Lipinski definition) is 1. The molecule has 150 valence electrons. The summed E-state index contributed by atoms with van der Waals surface area (Å²) in [6, 6.07) is 27.5. The van der Waals surface area contributed by atoms with Crippen LogP contribution in [-0.2, 0) is 4.79 Å². The molecule has 1 N–H and O–H groups in total. The number of carbonyl (C=O) groups is 1. The topological polar surface area (TPSA) is 58.1 Å². The number of hydrogen-bond acceptors (Lipinski definition) is 5. The first-order valence-electron chi connectivity index (χ1n) is 9.63. The van der Waals surface area contributed by atoms with E-state index in [2.05, 4.69) is 5.32 Å². The van der Waals surface area contributed by atoms with Crippen LogP contribution in [0.2, 0.25) is 0 Å². The molecular formula is C24H22N4OS. The fraction of sp³-hybridized carbons (Fsp3) is 0.125. The first-order valence-corrected chi connectivity index (χ1v) is 10.5. The highest BCUT2D eigenvalue weighted by molar-refractivity contribution is 8.00. The Morgan fingerprint density at radius 2 is 1.50 bits per heavy atom. The molecule has 0 aliphatic rings. The highest BCUT2D eigenvalue weighted by Crippen LogP contribution is 2.36. The van der Waals surface area contributed by atoms with Crippen molar-refractivity contribution in [2.24, 2.45) is 0 Å². The number of para-hydroxylation sites is 2. The lowest BCUT2D eigenvalue weighted by molar-refractivity contribution is -0.128. The third-order valence-corrected chi connectivity index (χ3v) is 5.71. The molecule has 1 heterocycles. The predicted octanol–water partition coefficient (Wildman–Crippen LogP) is 5.30. The maximum Gasteiger partial charge on any atom is 0.240 e. The van der Waals surface area contributed by atoms with Crippen LogP contribution in [0.4, 0.5) is 11.5 Å². The van der Waals surface area contributed by atoms with E-state index in [0.29, 0.717) is 5.16 Å². The molecule has 4 aromatic rings. The minimum Gasteiger partial charge on any atom is -0.348 e. The van der Waals surface area contributed by atoms with Gasteiger partial charge in [0.05, 0.1) is 5.52 Å². The normalized spacial score (nSPS) is 11.8. The van der Waals surface area contributed by atoms with Crippen LogP contribution < -0.4 is 5.32 Å². The van der Waals surface area contributed by atoms with Gasteiger partial charge in [0.15, 0.2) is 5.16 Å². The molecule has 4 rings (SSSR count). The predicted molar refractivity (Wildman–Crippen MR) is 123 cm³/mol. The summed E-state index contributed by atoms with van der Waals surface area (Å²) < 4.78 is 0. The van der Waals surface area contributed by atoms with Crippen LogP contribution in [0.5, 0.6) is 0 Å². The molecule has 1 aromatic heterocycles. The van der Waals surface area contributed by atoms with Gasteiger partial charge in [-0.25, -0.2) is 9.97 Å². The van der Waals surface area contributed by atoms with Crippen LogP contribution in [0.3, 0.4) is 0 Å². The van der Waals surface area contributed by atoms with Crippen LogP contribution in [0.1, 0.15) is 10.8 Å². The van der Waals surface area contributed by atoms with Crippen molar-refractivity contribution in [3.8, 4) is 0 Å². The minimum absolute atomic E-state index is 0.000488. The van der Waals surface area contributed by atoms with E-state index in [1.165, 1.54) is 11.8 Å². The fourth-order valence-corrected chi connectivity index (χ4v) is 4.20. The second-order valence-electron chi connectivity index (χ2n) is 7.00. The van der Waals surface area contributed by atoms with Gasteiger partial charge in [0, 0.05) is 25.2 Å². The second-order valence-corrected chi connectivity index (χ2v) is 8.08. The number of amides is 1. The van der Waals surface area contributed by atoms with E-state index in [0.717, 1.165) is 28.0 Å². The van der Waals surface area contributed by atoms with Gasteiger partial charge in [0.1, 0.15) is 11.1 Å². The second kappa shape index (κ2) is 8.97. The molecule has 3 aromatic carbocycles. The zero-order valence-electron chi connectivity index (χ0n) is 16.8. The number of thioether (sulfide) groups is 1. The average Bonchev–Trinajstić information content (AvgIpc) is 2.78. The van der Waals surface area contributed by atoms with Gasteiger partial charge < -0.3 is 10.2 Å². The van der Waals surface area contributed by atoms with Gasteiger partial charge >= 0.3 is 0 Å². The zero-order chi connectivity index (χ0) is 20.9. The summed E-state index contributed by atoms with van der Waals surface area (Å²) in [4.78, 5) is 24.0. The van der Waals surface area contributed by atoms with Crippen LogP contribution >= 0.6 is 11.8 Å². The summed E-state index contributed by atoms with van der Waals surface area (Å²) in [7, 11) is 3.53. The number of likely N-dealkylation sites (N-methyl/N-ethyl adjacent to an activating group) is 1. The summed E-state index contributed by atoms with van der Waals surface area (Å²) >= 11 is 1.36. The lowest BCUT2D eigenvalue weighted by atomic mass is 10.1. The van der Waals surface area contributed by atoms with E-state index in [4.69, 9.17) is 9.97 Å². The van der Waals surface area contributed by atoms with E-state index >= 15 is 0 Å². The standard InChI is InChI=1S/C24H22N4OS/c1-28(2)23(29)21(17-11-5-3-6-12-17)30-24-26-20-16-10-9-15-19(20)22(27-24)25-18-13-7-4-8-14-18/h3-16,21H,1-2H3,(H,25,26,27)/t21-/m0/s1. The van der Waals surface area contributed by atoms with Crippen molar-refractivity contribution in [1.82, 2.24) is 14.9 Å². The van der Waals surface area contributed by atoms with Gasteiger partial charge in [-0.15, -0.1) is 0 Å². The van der Waals surface area contributed by atoms with E-state index in [1.54, 1.807) is 19.0 Å². The first-order chi connectivity index (χ1) is 14.6. The Hall–Kier alpha value is -3.38. The lowest BCUT2D eigenvalue weighted by Crippen LogP contribution is -2.26. The molecule has 1 atom stereocenters. The van der Waals surface area contributed by atoms with Gasteiger partial charge in [-0.1, -0.05) is 72.4 Å². The lowest BCUT2D eigenvalue weighted by Gasteiger charge is -2.20. The van der Waals surface area contributed by atoms with E-state index in [9.17, 15) is 4.79 Å². The summed E-state index contributed by atoms with van der Waals surface area (Å²) in [6.07, 6.45) is 0. The van der Waals surface area contributed by atoms with Crippen molar-refractivity contribution >= 4 is 40.1 Å². The molecule has 1 amide bonds. The molecule has 0 saturated heterocycles. The zero-order valence-corrected chi connectivity index (χ0v) is 17.6. The van der Waals surface area contributed by atoms with E-state index in [1.807, 2.05) is 84.9 Å². The molecule has 5 nitrogen and oxygen atoms in total. The molecule has 0 radical (unpaired) electrons. The molecule has 0 bridgehead atoms. The number of aromatic nitrogens is 2. The maximum atomic E-state index is 12.9. The molecule has 0 spiro atoms. The smallest absolute Gasteiger partial charge is 0.240 e. The van der Waals surface area contributed by atoms with Crippen molar-refractivity contribution in [2.75, 3.05) is 19.4 Å².